The summed E-state index contributed by atoms with van der Waals surface area (Å²) in [5.41, 5.74) is 3.02. The van der Waals surface area contributed by atoms with Gasteiger partial charge in [0.1, 0.15) is 0 Å². The maximum absolute atomic E-state index is 12.9. The number of carbonyl (C=O) groups excluding carboxylic acids is 1. The van der Waals surface area contributed by atoms with E-state index in [4.69, 9.17) is 0 Å². The third-order valence-electron chi connectivity index (χ3n) is 6.76. The molecule has 5 nitrogen and oxygen atoms in total. The molecule has 2 heterocycles. The predicted molar refractivity (Wildman–Crippen MR) is 125 cm³/mol. The summed E-state index contributed by atoms with van der Waals surface area (Å²) < 4.78 is 1.92. The van der Waals surface area contributed by atoms with Crippen LogP contribution in [-0.4, -0.2) is 46.8 Å². The van der Waals surface area contributed by atoms with Gasteiger partial charge >= 0.3 is 0 Å². The molecule has 31 heavy (non-hydrogen) atoms. The van der Waals surface area contributed by atoms with Gasteiger partial charge in [-0.2, -0.15) is 5.10 Å². The topological polar surface area (TPSA) is 50.2 Å². The van der Waals surface area contributed by atoms with Gasteiger partial charge < -0.3 is 10.2 Å². The number of hydrogen-bond acceptors (Lipinski definition) is 3. The summed E-state index contributed by atoms with van der Waals surface area (Å²) in [5, 5.41) is 7.83. The normalized spacial score (nSPS) is 23.2. The van der Waals surface area contributed by atoms with Crippen molar-refractivity contribution in [1.29, 1.82) is 0 Å². The smallest absolute Gasteiger partial charge is 0.271 e. The molecule has 168 valence electrons. The summed E-state index contributed by atoms with van der Waals surface area (Å²) in [5.74, 6) is 2.62. The Hall–Kier alpha value is -2.14. The fourth-order valence-corrected chi connectivity index (χ4v) is 4.90. The van der Waals surface area contributed by atoms with Crippen LogP contribution in [-0.2, 0) is 6.42 Å². The molecule has 4 rings (SSSR count). The summed E-state index contributed by atoms with van der Waals surface area (Å²) in [6, 6.07) is 12.0. The van der Waals surface area contributed by atoms with Gasteiger partial charge in [0.2, 0.25) is 0 Å². The quantitative estimate of drug-likeness (QED) is 0.685. The van der Waals surface area contributed by atoms with Crippen LogP contribution in [0.15, 0.2) is 36.4 Å². The zero-order chi connectivity index (χ0) is 22.2. The largest absolute Gasteiger partial charge is 0.350 e. The second-order valence-electron chi connectivity index (χ2n) is 11.1. The van der Waals surface area contributed by atoms with Gasteiger partial charge in [-0.15, -0.1) is 0 Å². The summed E-state index contributed by atoms with van der Waals surface area (Å²) >= 11 is 0. The molecule has 1 amide bonds. The Morgan fingerprint density at radius 3 is 2.45 bits per heavy atom. The van der Waals surface area contributed by atoms with E-state index >= 15 is 0 Å². The predicted octanol–water partition coefficient (Wildman–Crippen LogP) is 4.41. The van der Waals surface area contributed by atoms with Crippen LogP contribution in [0, 0.1) is 29.1 Å². The van der Waals surface area contributed by atoms with Crippen LogP contribution >= 0.6 is 0 Å². The molecule has 0 radical (unpaired) electrons. The number of fused-ring (bicyclic) bond motifs is 1. The van der Waals surface area contributed by atoms with Crippen LogP contribution in [0.5, 0.6) is 0 Å². The van der Waals surface area contributed by atoms with E-state index in [1.165, 1.54) is 26.1 Å². The minimum absolute atomic E-state index is 0.0470. The fraction of sp³-hybridized carbons (Fsp3) is 0.615. The Labute approximate surface area is 187 Å². The number of likely N-dealkylation sites (tertiary alicyclic amines) is 1. The number of rotatable bonds is 8. The first-order valence-electron chi connectivity index (χ1n) is 11.9. The highest BCUT2D eigenvalue weighted by Gasteiger charge is 2.55. The van der Waals surface area contributed by atoms with Crippen molar-refractivity contribution in [1.82, 2.24) is 20.0 Å². The van der Waals surface area contributed by atoms with E-state index in [-0.39, 0.29) is 5.91 Å². The SMILES string of the molecule is CC(C)Cc1cc(C(=O)NCC2C3CN(CCC(C)(C)C)CC23)nn1-c1ccccc1. The summed E-state index contributed by atoms with van der Waals surface area (Å²) in [6.07, 6.45) is 2.14. The van der Waals surface area contributed by atoms with Crippen LogP contribution in [0.2, 0.25) is 0 Å². The number of aromatic nitrogens is 2. The maximum atomic E-state index is 12.9. The summed E-state index contributed by atoms with van der Waals surface area (Å²) in [6.45, 7) is 15.7. The second-order valence-corrected chi connectivity index (χ2v) is 11.1. The number of nitrogens with zero attached hydrogens (tertiary/aromatic N) is 3. The number of carbonyl (C=O) groups is 1. The van der Waals surface area contributed by atoms with Crippen molar-refractivity contribution < 1.29 is 4.79 Å². The molecular formula is C26H38N4O. The van der Waals surface area contributed by atoms with Gasteiger partial charge in [0.25, 0.3) is 5.91 Å². The van der Waals surface area contributed by atoms with Crippen molar-refractivity contribution in [2.45, 2.75) is 47.5 Å². The molecule has 2 fully saturated rings. The van der Waals surface area contributed by atoms with Crippen molar-refractivity contribution in [3.63, 3.8) is 0 Å². The van der Waals surface area contributed by atoms with Gasteiger partial charge in [-0.3, -0.25) is 4.79 Å². The van der Waals surface area contributed by atoms with Gasteiger partial charge in [-0.1, -0.05) is 52.8 Å². The Morgan fingerprint density at radius 2 is 1.84 bits per heavy atom. The van der Waals surface area contributed by atoms with E-state index in [2.05, 4.69) is 49.9 Å². The van der Waals surface area contributed by atoms with Gasteiger partial charge in [0.15, 0.2) is 5.69 Å². The van der Waals surface area contributed by atoms with Crippen molar-refractivity contribution in [3.8, 4) is 5.69 Å². The first-order valence-corrected chi connectivity index (χ1v) is 11.9. The average Bonchev–Trinajstić information content (AvgIpc) is 3.05. The maximum Gasteiger partial charge on any atom is 0.271 e. The molecule has 2 aliphatic rings. The fourth-order valence-electron chi connectivity index (χ4n) is 4.90. The van der Waals surface area contributed by atoms with Gasteiger partial charge in [-0.05, 0) is 66.7 Å². The van der Waals surface area contributed by atoms with Crippen molar-refractivity contribution >= 4 is 5.91 Å². The third kappa shape index (κ3) is 5.38. The second kappa shape index (κ2) is 8.78. The lowest BCUT2D eigenvalue weighted by Gasteiger charge is -2.25. The molecule has 2 aromatic rings. The molecule has 1 aliphatic carbocycles. The Balaban J connectivity index is 1.32. The molecule has 0 bridgehead atoms. The minimum atomic E-state index is -0.0470. The third-order valence-corrected chi connectivity index (χ3v) is 6.76. The number of para-hydroxylation sites is 1. The molecule has 1 aromatic heterocycles. The molecule has 5 heteroatoms. The van der Waals surface area contributed by atoms with E-state index in [9.17, 15) is 4.79 Å². The van der Waals surface area contributed by atoms with Crippen molar-refractivity contribution in [2.75, 3.05) is 26.2 Å². The van der Waals surface area contributed by atoms with E-state index < -0.39 is 0 Å². The first kappa shape index (κ1) is 22.1. The van der Waals surface area contributed by atoms with Crippen LogP contribution in [0.4, 0.5) is 0 Å². The number of nitrogens with one attached hydrogen (secondary N) is 1. The molecule has 1 N–H and O–H groups in total. The van der Waals surface area contributed by atoms with Gasteiger partial charge in [0, 0.05) is 25.3 Å². The standard InChI is InChI=1S/C26H38N4O/c1-18(2)13-20-14-24(28-30(20)19-9-7-6-8-10-19)25(31)27-15-21-22-16-29(17-23(21)22)12-11-26(3,4)5/h6-10,14,18,21-23H,11-13,15-17H2,1-5H3,(H,27,31). The highest BCUT2D eigenvalue weighted by Crippen LogP contribution is 2.51. The molecule has 2 atom stereocenters. The van der Waals surface area contributed by atoms with E-state index in [0.717, 1.165) is 36.2 Å². The molecule has 1 saturated heterocycles. The van der Waals surface area contributed by atoms with E-state index in [1.54, 1.807) is 0 Å². The lowest BCUT2D eigenvalue weighted by Crippen LogP contribution is -2.32. The Kier molecular flexibility index (Phi) is 6.25. The summed E-state index contributed by atoms with van der Waals surface area (Å²) in [7, 11) is 0. The lowest BCUT2D eigenvalue weighted by molar-refractivity contribution is 0.0943. The Bertz CT molecular complexity index is 884. The molecule has 1 aliphatic heterocycles. The van der Waals surface area contributed by atoms with Crippen LogP contribution < -0.4 is 5.32 Å². The Morgan fingerprint density at radius 1 is 1.16 bits per heavy atom. The number of benzene rings is 1. The van der Waals surface area contributed by atoms with Crippen molar-refractivity contribution in [3.05, 3.63) is 47.8 Å². The number of amides is 1. The monoisotopic (exact) mass is 422 g/mol. The highest BCUT2D eigenvalue weighted by atomic mass is 16.1. The van der Waals surface area contributed by atoms with E-state index in [0.29, 0.717) is 22.9 Å². The van der Waals surface area contributed by atoms with Crippen LogP contribution in [0.1, 0.15) is 57.2 Å². The molecule has 2 unspecified atom stereocenters. The molecule has 1 aromatic carbocycles. The van der Waals surface area contributed by atoms with Crippen LogP contribution in [0.3, 0.4) is 0 Å². The zero-order valence-corrected chi connectivity index (χ0v) is 19.8. The molecular weight excluding hydrogens is 384 g/mol. The summed E-state index contributed by atoms with van der Waals surface area (Å²) in [4.78, 5) is 15.5. The number of piperidine rings is 1. The first-order chi connectivity index (χ1) is 14.7. The minimum Gasteiger partial charge on any atom is -0.350 e. The average molecular weight is 423 g/mol. The zero-order valence-electron chi connectivity index (χ0n) is 19.8. The van der Waals surface area contributed by atoms with E-state index in [1.807, 2.05) is 41.1 Å². The lowest BCUT2D eigenvalue weighted by atomic mass is 9.92. The number of hydrogen-bond donors (Lipinski definition) is 1. The van der Waals surface area contributed by atoms with Crippen molar-refractivity contribution in [2.24, 2.45) is 29.1 Å². The van der Waals surface area contributed by atoms with Gasteiger partial charge in [-0.25, -0.2) is 4.68 Å². The molecule has 0 spiro atoms. The molecule has 1 saturated carbocycles. The van der Waals surface area contributed by atoms with Crippen LogP contribution in [0.25, 0.3) is 5.69 Å². The highest BCUT2D eigenvalue weighted by molar-refractivity contribution is 5.92. The van der Waals surface area contributed by atoms with Gasteiger partial charge in [0.05, 0.1) is 5.69 Å².